The van der Waals surface area contributed by atoms with Crippen LogP contribution in [0.25, 0.3) is 27.2 Å². The Bertz CT molecular complexity index is 2560. The summed E-state index contributed by atoms with van der Waals surface area (Å²) in [4.78, 5) is 0. The molecule has 0 fully saturated rings. The van der Waals surface area contributed by atoms with Crippen LogP contribution in [0.5, 0.6) is 0 Å². The van der Waals surface area contributed by atoms with Gasteiger partial charge in [0.15, 0.2) is 0 Å². The van der Waals surface area contributed by atoms with Crippen molar-refractivity contribution in [1.82, 2.24) is 9.78 Å². The number of aryl methyl sites for hydroxylation is 10. The van der Waals surface area contributed by atoms with Crippen LogP contribution in [0, 0.1) is 120 Å². The molecule has 0 spiro atoms. The smallest absolute Gasteiger partial charge is 0.0649 e. The third kappa shape index (κ3) is 41.6. The van der Waals surface area contributed by atoms with Crippen LogP contribution in [0.3, 0.4) is 0 Å². The Labute approximate surface area is 616 Å². The summed E-state index contributed by atoms with van der Waals surface area (Å²) in [5.74, 6) is 0. The predicted octanol–water partition coefficient (Wildman–Crippen LogP) is 22.7. The minimum atomic E-state index is 0. The summed E-state index contributed by atoms with van der Waals surface area (Å²) in [6, 6.07) is 63.4. The zero-order chi connectivity index (χ0) is 52.3. The molecule has 2 nitrogen and oxygen atoms in total. The van der Waals surface area contributed by atoms with Gasteiger partial charge in [-0.05, 0) is 139 Å². The molecule has 0 saturated heterocycles. The van der Waals surface area contributed by atoms with Gasteiger partial charge in [-0.25, -0.2) is 4.68 Å². The molecule has 0 aliphatic carbocycles. The van der Waals surface area contributed by atoms with E-state index < -0.39 is 0 Å². The van der Waals surface area contributed by atoms with Gasteiger partial charge in [-0.15, -0.1) is 0 Å². The Kier molecular flexibility index (Phi) is 82.2. The van der Waals surface area contributed by atoms with Crippen LogP contribution in [0.2, 0.25) is 0 Å². The number of fused-ring (bicyclic) bond motifs is 2. The molecule has 0 unspecified atom stereocenters. The molecule has 5 radical (unpaired) electrons. The van der Waals surface area contributed by atoms with E-state index in [0.717, 1.165) is 11.4 Å². The molecule has 0 aliphatic rings. The van der Waals surface area contributed by atoms with E-state index in [-0.39, 0.29) is 201 Å². The van der Waals surface area contributed by atoms with Crippen LogP contribution in [0.4, 0.5) is 0 Å². The molecule has 8 aromatic carbocycles. The second kappa shape index (κ2) is 63.0. The van der Waals surface area contributed by atoms with E-state index in [0.29, 0.717) is 0 Å². The number of rotatable bonds is 1. The zero-order valence-corrected chi connectivity index (χ0v) is 68.8. The molecule has 9 rings (SSSR count). The molecule has 9 aromatic rings. The van der Waals surface area contributed by atoms with Gasteiger partial charge >= 0.3 is 0 Å². The SMILES string of the molecule is CC.CC.CC.CC.Cc1ccc(-n2nc(C)c(C)c2C)cc1.Cc1ccc(C)c2ccccc12.Cc1ccc(C)cc1.Cc1ccc(C)cc1.Cc1cccc2ccccc12.Cc1ccccc1.[CH3-].[CH3-].[CH3-].[CH3-].[CH3-].[Y].[Y].[Y].[Y].[Y]. The fraction of sp³-hybridized carbons (Fsp3) is 0.278. The zero-order valence-electron chi connectivity index (χ0n) is 54.6. The van der Waals surface area contributed by atoms with Gasteiger partial charge in [0.05, 0.1) is 11.4 Å². The fourth-order valence-corrected chi connectivity index (χ4v) is 6.45. The second-order valence-electron chi connectivity index (χ2n) is 16.0. The maximum atomic E-state index is 4.53. The van der Waals surface area contributed by atoms with Crippen molar-refractivity contribution >= 4 is 21.5 Å². The summed E-state index contributed by atoms with van der Waals surface area (Å²) in [5.41, 5.74) is 16.7. The first-order chi connectivity index (χ1) is 33.2. The first kappa shape index (κ1) is 103. The summed E-state index contributed by atoms with van der Waals surface area (Å²) in [5, 5.41) is 9.95. The Hall–Kier alpha value is -0.991. The fourth-order valence-electron chi connectivity index (χ4n) is 6.45. The van der Waals surface area contributed by atoms with E-state index in [1.807, 2.05) is 85.2 Å². The molecule has 7 heteroatoms. The number of hydrogen-bond acceptors (Lipinski definition) is 1. The van der Waals surface area contributed by atoms with Crippen molar-refractivity contribution in [3.05, 3.63) is 286 Å². The van der Waals surface area contributed by atoms with Gasteiger partial charge in [-0.1, -0.05) is 259 Å². The van der Waals surface area contributed by atoms with Gasteiger partial charge in [0.1, 0.15) is 0 Å². The monoisotopic (exact) mass is 1440 g/mol. The van der Waals surface area contributed by atoms with Crippen LogP contribution < -0.4 is 0 Å². The number of hydrogen-bond donors (Lipinski definition) is 0. The Balaban J connectivity index is -0.0000000752. The maximum absolute atomic E-state index is 4.53. The van der Waals surface area contributed by atoms with Crippen molar-refractivity contribution < 1.29 is 164 Å². The van der Waals surface area contributed by atoms with Gasteiger partial charge in [0, 0.05) is 169 Å². The molecular formula is C72H105N2Y5-5. The molecular weight excluding hydrogens is 1340 g/mol. The van der Waals surface area contributed by atoms with E-state index >= 15 is 0 Å². The van der Waals surface area contributed by atoms with Gasteiger partial charge in [0.2, 0.25) is 0 Å². The molecule has 79 heavy (non-hydrogen) atoms. The van der Waals surface area contributed by atoms with Crippen molar-refractivity contribution in [2.45, 2.75) is 138 Å². The van der Waals surface area contributed by atoms with E-state index in [1.165, 1.54) is 82.9 Å². The first-order valence-corrected chi connectivity index (χ1v) is 25.3. The predicted molar refractivity (Wildman–Crippen MR) is 345 cm³/mol. The summed E-state index contributed by atoms with van der Waals surface area (Å²) in [7, 11) is 0. The van der Waals surface area contributed by atoms with Gasteiger partial charge in [0.25, 0.3) is 0 Å². The van der Waals surface area contributed by atoms with Crippen molar-refractivity contribution in [3.8, 4) is 5.69 Å². The van der Waals surface area contributed by atoms with Crippen LogP contribution in [0.1, 0.15) is 122 Å². The number of aromatic nitrogens is 2. The molecule has 0 bridgehead atoms. The van der Waals surface area contributed by atoms with Gasteiger partial charge in [-0.2, -0.15) is 5.10 Å². The molecule has 0 N–H and O–H groups in total. The molecule has 0 aliphatic heterocycles. The molecule has 423 valence electrons. The van der Waals surface area contributed by atoms with Gasteiger partial charge in [-0.3, -0.25) is 0 Å². The summed E-state index contributed by atoms with van der Waals surface area (Å²) < 4.78 is 2.00. The third-order valence-corrected chi connectivity index (χ3v) is 10.7. The third-order valence-electron chi connectivity index (χ3n) is 10.7. The standard InChI is InChI=1S/C13H16N2.C12H12.C11H10.2C8H10.C7H8.4C2H6.5CH3.5Y/c1-9-5-7-13(8-6-9)15-12(4)10(2)11(3)14-15;1-9-7-8-10(2)12-6-4-3-5-11(9)12;1-9-5-4-7-10-6-2-3-8-11(9)10;2*1-7-3-5-8(2)6-4-7;1-7-5-3-2-4-6-7;4*1-2;;;;;;;;;;/h5-8H,1-4H3;3-8H,1-2H3;2-8H,1H3;2*3-6H,1-2H3;2-6H,1H3;4*1-2H3;5*1H3;;;;;/q;;;;;;;;;;5*-1;;;;;. The number of nitrogens with zero attached hydrogens (tertiary/aromatic N) is 2. The van der Waals surface area contributed by atoms with E-state index in [9.17, 15) is 0 Å². The summed E-state index contributed by atoms with van der Waals surface area (Å²) in [6.07, 6.45) is 0. The second-order valence-corrected chi connectivity index (χ2v) is 16.0. The van der Waals surface area contributed by atoms with Crippen LogP contribution in [-0.4, -0.2) is 9.78 Å². The average Bonchev–Trinajstić information content (AvgIpc) is 3.65. The van der Waals surface area contributed by atoms with Crippen LogP contribution >= 0.6 is 0 Å². The molecule has 0 atom stereocenters. The molecule has 0 amide bonds. The van der Waals surface area contributed by atoms with E-state index in [4.69, 9.17) is 0 Å². The van der Waals surface area contributed by atoms with Crippen LogP contribution in [-0.2, 0) is 164 Å². The maximum Gasteiger partial charge on any atom is 0.0649 e. The minimum Gasteiger partial charge on any atom is -0.358 e. The van der Waals surface area contributed by atoms with E-state index in [2.05, 4.69) is 245 Å². The van der Waals surface area contributed by atoms with E-state index in [1.54, 1.807) is 0 Å². The van der Waals surface area contributed by atoms with Crippen molar-refractivity contribution in [3.63, 3.8) is 0 Å². The van der Waals surface area contributed by atoms with Crippen LogP contribution in [0.15, 0.2) is 182 Å². The van der Waals surface area contributed by atoms with Crippen molar-refractivity contribution in [2.75, 3.05) is 0 Å². The molecule has 0 saturated carbocycles. The quantitative estimate of drug-likeness (QED) is 0.150. The topological polar surface area (TPSA) is 17.8 Å². The number of benzene rings is 8. The summed E-state index contributed by atoms with van der Waals surface area (Å²) >= 11 is 0. The first-order valence-electron chi connectivity index (χ1n) is 25.3. The summed E-state index contributed by atoms with van der Waals surface area (Å²) in [6.45, 7) is 41.3. The normalized spacial score (nSPS) is 8.00. The molecule has 1 aromatic heterocycles. The Morgan fingerprint density at radius 3 is 0.823 bits per heavy atom. The van der Waals surface area contributed by atoms with Crippen molar-refractivity contribution in [1.29, 1.82) is 0 Å². The Morgan fingerprint density at radius 1 is 0.266 bits per heavy atom. The Morgan fingerprint density at radius 2 is 0.532 bits per heavy atom. The largest absolute Gasteiger partial charge is 0.358 e. The average molecular weight is 1440 g/mol. The van der Waals surface area contributed by atoms with Gasteiger partial charge < -0.3 is 37.1 Å². The van der Waals surface area contributed by atoms with Crippen molar-refractivity contribution in [2.24, 2.45) is 0 Å². The minimum absolute atomic E-state index is 0. The molecule has 1 heterocycles.